The molecule has 0 aliphatic heterocycles. The van der Waals surface area contributed by atoms with Gasteiger partial charge in [0.15, 0.2) is 11.5 Å². The quantitative estimate of drug-likeness (QED) is 0.869. The molecule has 4 heteroatoms. The van der Waals surface area contributed by atoms with Crippen molar-refractivity contribution in [3.05, 3.63) is 23.8 Å². The van der Waals surface area contributed by atoms with Crippen molar-refractivity contribution in [1.29, 1.82) is 0 Å². The molecule has 1 amide bonds. The maximum Gasteiger partial charge on any atom is 0.220 e. The zero-order chi connectivity index (χ0) is 14.4. The van der Waals surface area contributed by atoms with Crippen molar-refractivity contribution in [2.75, 3.05) is 14.2 Å². The fraction of sp³-hybridized carbons (Fsp3) is 0.562. The molecule has 4 nitrogen and oxygen atoms in total. The lowest BCUT2D eigenvalue weighted by atomic mass is 10.0. The van der Waals surface area contributed by atoms with E-state index < -0.39 is 0 Å². The van der Waals surface area contributed by atoms with Crippen molar-refractivity contribution in [3.8, 4) is 11.5 Å². The van der Waals surface area contributed by atoms with Gasteiger partial charge in [0.1, 0.15) is 0 Å². The fourth-order valence-electron chi connectivity index (χ4n) is 2.74. The number of nitrogens with one attached hydrogen (secondary N) is 1. The van der Waals surface area contributed by atoms with E-state index in [2.05, 4.69) is 5.32 Å². The SMILES string of the molecule is COc1ccc(CNC(=O)CC2CCCC2)cc1OC. The van der Waals surface area contributed by atoms with E-state index >= 15 is 0 Å². The predicted molar refractivity (Wildman–Crippen MR) is 78.0 cm³/mol. The molecule has 110 valence electrons. The van der Waals surface area contributed by atoms with Gasteiger partial charge in [-0.05, 0) is 36.5 Å². The van der Waals surface area contributed by atoms with E-state index in [0.717, 1.165) is 5.56 Å². The highest BCUT2D eigenvalue weighted by molar-refractivity contribution is 5.76. The summed E-state index contributed by atoms with van der Waals surface area (Å²) < 4.78 is 10.4. The number of amides is 1. The number of carbonyl (C=O) groups excluding carboxylic acids is 1. The van der Waals surface area contributed by atoms with Gasteiger partial charge in [-0.1, -0.05) is 18.9 Å². The minimum atomic E-state index is 0.145. The van der Waals surface area contributed by atoms with Gasteiger partial charge < -0.3 is 14.8 Å². The Balaban J connectivity index is 1.85. The molecule has 0 atom stereocenters. The molecule has 0 spiro atoms. The molecule has 0 unspecified atom stereocenters. The van der Waals surface area contributed by atoms with Crippen LogP contribution in [0.15, 0.2) is 18.2 Å². The van der Waals surface area contributed by atoms with Crippen molar-refractivity contribution in [2.24, 2.45) is 5.92 Å². The van der Waals surface area contributed by atoms with Gasteiger partial charge in [-0.25, -0.2) is 0 Å². The largest absolute Gasteiger partial charge is 0.493 e. The highest BCUT2D eigenvalue weighted by Crippen LogP contribution is 2.28. The van der Waals surface area contributed by atoms with Crippen LogP contribution in [0.1, 0.15) is 37.7 Å². The van der Waals surface area contributed by atoms with Crippen LogP contribution in [0.2, 0.25) is 0 Å². The van der Waals surface area contributed by atoms with Crippen LogP contribution >= 0.6 is 0 Å². The average Bonchev–Trinajstić information content (AvgIpc) is 2.97. The number of carbonyl (C=O) groups is 1. The third kappa shape index (κ3) is 3.89. The number of ether oxygens (including phenoxy) is 2. The summed E-state index contributed by atoms with van der Waals surface area (Å²) in [7, 11) is 3.22. The molecule has 0 heterocycles. The molecule has 1 aromatic carbocycles. The van der Waals surface area contributed by atoms with Gasteiger partial charge in [-0.3, -0.25) is 4.79 Å². The number of benzene rings is 1. The van der Waals surface area contributed by atoms with Crippen LogP contribution in [0.25, 0.3) is 0 Å². The third-order valence-electron chi connectivity index (χ3n) is 3.89. The van der Waals surface area contributed by atoms with Crippen LogP contribution in [0, 0.1) is 5.92 Å². The van der Waals surface area contributed by atoms with Gasteiger partial charge in [-0.15, -0.1) is 0 Å². The lowest BCUT2D eigenvalue weighted by molar-refractivity contribution is -0.122. The third-order valence-corrected chi connectivity index (χ3v) is 3.89. The molecule has 2 rings (SSSR count). The predicted octanol–water partition coefficient (Wildman–Crippen LogP) is 2.90. The van der Waals surface area contributed by atoms with Gasteiger partial charge in [0.05, 0.1) is 14.2 Å². The highest BCUT2D eigenvalue weighted by atomic mass is 16.5. The first kappa shape index (κ1) is 14.7. The Morgan fingerprint density at radius 2 is 1.90 bits per heavy atom. The average molecular weight is 277 g/mol. The summed E-state index contributed by atoms with van der Waals surface area (Å²) in [6, 6.07) is 5.70. The number of hydrogen-bond donors (Lipinski definition) is 1. The van der Waals surface area contributed by atoms with E-state index in [4.69, 9.17) is 9.47 Å². The Morgan fingerprint density at radius 1 is 1.20 bits per heavy atom. The van der Waals surface area contributed by atoms with E-state index in [1.54, 1.807) is 14.2 Å². The molecule has 0 bridgehead atoms. The number of methoxy groups -OCH3 is 2. The van der Waals surface area contributed by atoms with Crippen molar-refractivity contribution < 1.29 is 14.3 Å². The highest BCUT2D eigenvalue weighted by Gasteiger charge is 2.18. The molecule has 1 aliphatic rings. The van der Waals surface area contributed by atoms with E-state index in [9.17, 15) is 4.79 Å². The summed E-state index contributed by atoms with van der Waals surface area (Å²) in [5, 5.41) is 2.98. The summed E-state index contributed by atoms with van der Waals surface area (Å²) >= 11 is 0. The monoisotopic (exact) mass is 277 g/mol. The van der Waals surface area contributed by atoms with Crippen LogP contribution in [-0.4, -0.2) is 20.1 Å². The molecule has 0 saturated heterocycles. The van der Waals surface area contributed by atoms with Crippen molar-refractivity contribution in [3.63, 3.8) is 0 Å². The molecule has 1 fully saturated rings. The lowest BCUT2D eigenvalue weighted by Crippen LogP contribution is -2.24. The topological polar surface area (TPSA) is 47.6 Å². The second-order valence-corrected chi connectivity index (χ2v) is 5.32. The van der Waals surface area contributed by atoms with E-state index in [1.807, 2.05) is 18.2 Å². The second kappa shape index (κ2) is 7.17. The molecular formula is C16H23NO3. The smallest absolute Gasteiger partial charge is 0.220 e. The number of hydrogen-bond acceptors (Lipinski definition) is 3. The Morgan fingerprint density at radius 3 is 2.55 bits per heavy atom. The van der Waals surface area contributed by atoms with Crippen LogP contribution in [0.3, 0.4) is 0 Å². The number of rotatable bonds is 6. The maximum atomic E-state index is 11.9. The summed E-state index contributed by atoms with van der Waals surface area (Å²) in [5.41, 5.74) is 1.02. The Bertz CT molecular complexity index is 453. The van der Waals surface area contributed by atoms with Crippen LogP contribution in [0.5, 0.6) is 11.5 Å². The Labute approximate surface area is 120 Å². The molecular weight excluding hydrogens is 254 g/mol. The fourth-order valence-corrected chi connectivity index (χ4v) is 2.74. The molecule has 0 aromatic heterocycles. The van der Waals surface area contributed by atoms with Crippen LogP contribution in [0.4, 0.5) is 0 Å². The zero-order valence-corrected chi connectivity index (χ0v) is 12.3. The van der Waals surface area contributed by atoms with Crippen molar-refractivity contribution in [2.45, 2.75) is 38.6 Å². The summed E-state index contributed by atoms with van der Waals surface area (Å²) in [5.74, 6) is 2.12. The summed E-state index contributed by atoms with van der Waals surface area (Å²) in [6.07, 6.45) is 5.60. The zero-order valence-electron chi connectivity index (χ0n) is 12.3. The maximum absolute atomic E-state index is 11.9. The van der Waals surface area contributed by atoms with Crippen LogP contribution in [-0.2, 0) is 11.3 Å². The van der Waals surface area contributed by atoms with E-state index in [0.29, 0.717) is 30.4 Å². The van der Waals surface area contributed by atoms with Gasteiger partial charge in [-0.2, -0.15) is 0 Å². The normalized spacial score (nSPS) is 15.1. The standard InChI is InChI=1S/C16H23NO3/c1-19-14-8-7-13(9-15(14)20-2)11-17-16(18)10-12-5-3-4-6-12/h7-9,12H,3-6,10-11H2,1-2H3,(H,17,18). The minimum absolute atomic E-state index is 0.145. The van der Waals surface area contributed by atoms with Gasteiger partial charge in [0, 0.05) is 13.0 Å². The van der Waals surface area contributed by atoms with E-state index in [1.165, 1.54) is 25.7 Å². The molecule has 0 radical (unpaired) electrons. The van der Waals surface area contributed by atoms with Crippen LogP contribution < -0.4 is 14.8 Å². The van der Waals surface area contributed by atoms with Crippen molar-refractivity contribution in [1.82, 2.24) is 5.32 Å². The van der Waals surface area contributed by atoms with Gasteiger partial charge in [0.2, 0.25) is 5.91 Å². The van der Waals surface area contributed by atoms with Gasteiger partial charge >= 0.3 is 0 Å². The lowest BCUT2D eigenvalue weighted by Gasteiger charge is -2.12. The van der Waals surface area contributed by atoms with Crippen molar-refractivity contribution >= 4 is 5.91 Å². The second-order valence-electron chi connectivity index (χ2n) is 5.32. The first-order valence-electron chi connectivity index (χ1n) is 7.20. The first-order chi connectivity index (χ1) is 9.72. The van der Waals surface area contributed by atoms with E-state index in [-0.39, 0.29) is 5.91 Å². The molecule has 1 saturated carbocycles. The summed E-state index contributed by atoms with van der Waals surface area (Å²) in [6.45, 7) is 0.534. The molecule has 1 N–H and O–H groups in total. The first-order valence-corrected chi connectivity index (χ1v) is 7.20. The molecule has 20 heavy (non-hydrogen) atoms. The molecule has 1 aliphatic carbocycles. The summed E-state index contributed by atoms with van der Waals surface area (Å²) in [4.78, 5) is 11.9. The Kier molecular flexibility index (Phi) is 5.27. The Hall–Kier alpha value is -1.71. The molecule has 1 aromatic rings. The minimum Gasteiger partial charge on any atom is -0.493 e. The van der Waals surface area contributed by atoms with Gasteiger partial charge in [0.25, 0.3) is 0 Å².